The lowest BCUT2D eigenvalue weighted by Gasteiger charge is -2.28. The monoisotopic (exact) mass is 398 g/mol. The Kier molecular flexibility index (Phi) is 6.75. The molecule has 0 radical (unpaired) electrons. The molecule has 1 aromatic rings. The first-order valence-corrected chi connectivity index (χ1v) is 12.1. The van der Waals surface area contributed by atoms with Gasteiger partial charge < -0.3 is 5.32 Å². The van der Waals surface area contributed by atoms with E-state index in [4.69, 9.17) is 0 Å². The molecule has 1 saturated carbocycles. The second-order valence-electron chi connectivity index (χ2n) is 7.77. The van der Waals surface area contributed by atoms with Gasteiger partial charge in [0.25, 0.3) is 10.0 Å². The number of hydrogen-bond acceptors (Lipinski definition) is 4. The summed E-state index contributed by atoms with van der Waals surface area (Å²) in [4.78, 5) is 12.9. The topological polar surface area (TPSA) is 66.5 Å². The molecule has 1 aliphatic heterocycles. The molecular weight excluding hydrogens is 368 g/mol. The Morgan fingerprint density at radius 1 is 1.19 bits per heavy atom. The Morgan fingerprint density at radius 2 is 1.88 bits per heavy atom. The van der Waals surface area contributed by atoms with Crippen LogP contribution in [0.5, 0.6) is 0 Å². The van der Waals surface area contributed by atoms with Gasteiger partial charge in [0.1, 0.15) is 4.21 Å². The first-order chi connectivity index (χ1) is 12.4. The fourth-order valence-corrected chi connectivity index (χ4v) is 6.77. The predicted octanol–water partition coefficient (Wildman–Crippen LogP) is 3.76. The van der Waals surface area contributed by atoms with Crippen LogP contribution in [0.3, 0.4) is 0 Å². The second-order valence-corrected chi connectivity index (χ2v) is 11.1. The summed E-state index contributed by atoms with van der Waals surface area (Å²) in [5, 5.41) is 2.94. The van der Waals surface area contributed by atoms with Gasteiger partial charge in [-0.1, -0.05) is 32.6 Å². The lowest BCUT2D eigenvalue weighted by molar-refractivity contribution is -0.121. The highest BCUT2D eigenvalue weighted by atomic mass is 32.2. The predicted molar refractivity (Wildman–Crippen MR) is 105 cm³/mol. The Hall–Kier alpha value is -0.920. The molecule has 7 heteroatoms. The Bertz CT molecular complexity index is 700. The van der Waals surface area contributed by atoms with Crippen molar-refractivity contribution in [2.45, 2.75) is 69.0 Å². The average Bonchev–Trinajstić information content (AvgIpc) is 3.30. The van der Waals surface area contributed by atoms with E-state index >= 15 is 0 Å². The van der Waals surface area contributed by atoms with Crippen LogP contribution >= 0.6 is 11.3 Å². The van der Waals surface area contributed by atoms with Gasteiger partial charge in [0.2, 0.25) is 5.91 Å². The molecule has 0 aromatic carbocycles. The normalized spacial score (nSPS) is 20.5. The molecule has 146 valence electrons. The second kappa shape index (κ2) is 8.85. The summed E-state index contributed by atoms with van der Waals surface area (Å²) in [5.74, 6) is 1.38. The number of nitrogens with zero attached hydrogens (tertiary/aromatic N) is 1. The summed E-state index contributed by atoms with van der Waals surface area (Å²) in [7, 11) is -3.39. The van der Waals surface area contributed by atoms with E-state index in [9.17, 15) is 13.2 Å². The maximum Gasteiger partial charge on any atom is 0.252 e. The van der Waals surface area contributed by atoms with Crippen molar-refractivity contribution in [3.63, 3.8) is 0 Å². The van der Waals surface area contributed by atoms with Crippen molar-refractivity contribution in [2.75, 3.05) is 13.1 Å². The first-order valence-electron chi connectivity index (χ1n) is 9.80. The minimum Gasteiger partial charge on any atom is -0.351 e. The summed E-state index contributed by atoms with van der Waals surface area (Å²) in [6, 6.07) is 3.50. The number of carbonyl (C=O) groups is 1. The van der Waals surface area contributed by atoms with Gasteiger partial charge in [-0.25, -0.2) is 8.42 Å². The van der Waals surface area contributed by atoms with Crippen LogP contribution in [0.2, 0.25) is 0 Å². The lowest BCUT2D eigenvalue weighted by atomic mass is 10.0. The molecule has 1 saturated heterocycles. The van der Waals surface area contributed by atoms with E-state index in [-0.39, 0.29) is 5.91 Å². The van der Waals surface area contributed by atoms with Crippen LogP contribution in [0.25, 0.3) is 0 Å². The summed E-state index contributed by atoms with van der Waals surface area (Å²) < 4.78 is 27.5. The van der Waals surface area contributed by atoms with E-state index in [2.05, 4.69) is 12.2 Å². The minimum absolute atomic E-state index is 0.0692. The van der Waals surface area contributed by atoms with Gasteiger partial charge >= 0.3 is 0 Å². The Balaban J connectivity index is 1.48. The van der Waals surface area contributed by atoms with Crippen LogP contribution in [-0.2, 0) is 21.4 Å². The first kappa shape index (κ1) is 19.8. The standard InChI is InChI=1S/C19H30N2O3S2/c1-15-10-12-21(13-11-15)26(23,24)19-9-7-17(25-19)14-20-18(22)8-6-16-4-2-3-5-16/h7,9,15-16H,2-6,8,10-14H2,1H3,(H,20,22). The fourth-order valence-electron chi connectivity index (χ4n) is 3.85. The number of amides is 1. The number of rotatable bonds is 7. The molecular formula is C19H30N2O3S2. The van der Waals surface area contributed by atoms with E-state index in [1.807, 2.05) is 6.07 Å². The smallest absolute Gasteiger partial charge is 0.252 e. The zero-order valence-corrected chi connectivity index (χ0v) is 17.2. The van der Waals surface area contributed by atoms with Crippen molar-refractivity contribution in [1.29, 1.82) is 0 Å². The van der Waals surface area contributed by atoms with Crippen LogP contribution in [-0.4, -0.2) is 31.7 Å². The van der Waals surface area contributed by atoms with Crippen molar-refractivity contribution in [2.24, 2.45) is 11.8 Å². The molecule has 3 rings (SSSR count). The van der Waals surface area contributed by atoms with Gasteiger partial charge in [-0.2, -0.15) is 4.31 Å². The van der Waals surface area contributed by atoms with Gasteiger partial charge in [0.05, 0.1) is 6.54 Å². The molecule has 2 aliphatic rings. The van der Waals surface area contributed by atoms with Gasteiger partial charge in [-0.3, -0.25) is 4.79 Å². The van der Waals surface area contributed by atoms with Crippen LogP contribution in [0.15, 0.2) is 16.3 Å². The molecule has 0 spiro atoms. The van der Waals surface area contributed by atoms with E-state index in [0.717, 1.165) is 24.1 Å². The largest absolute Gasteiger partial charge is 0.351 e. The van der Waals surface area contributed by atoms with Crippen molar-refractivity contribution in [1.82, 2.24) is 9.62 Å². The quantitative estimate of drug-likeness (QED) is 0.760. The van der Waals surface area contributed by atoms with E-state index in [0.29, 0.717) is 42.1 Å². The van der Waals surface area contributed by atoms with Gasteiger partial charge in [-0.05, 0) is 43.2 Å². The molecule has 0 unspecified atom stereocenters. The number of sulfonamides is 1. The fraction of sp³-hybridized carbons (Fsp3) is 0.737. The van der Waals surface area contributed by atoms with E-state index in [1.54, 1.807) is 10.4 Å². The minimum atomic E-state index is -3.39. The van der Waals surface area contributed by atoms with Gasteiger partial charge in [0.15, 0.2) is 0 Å². The third-order valence-corrected chi connectivity index (χ3v) is 9.14. The maximum atomic E-state index is 12.7. The summed E-state index contributed by atoms with van der Waals surface area (Å²) in [6.07, 6.45) is 8.52. The molecule has 1 amide bonds. The number of piperidine rings is 1. The zero-order chi connectivity index (χ0) is 18.6. The van der Waals surface area contributed by atoms with E-state index in [1.165, 1.54) is 37.0 Å². The van der Waals surface area contributed by atoms with Crippen molar-refractivity contribution >= 4 is 27.3 Å². The molecule has 0 bridgehead atoms. The average molecular weight is 399 g/mol. The highest BCUT2D eigenvalue weighted by molar-refractivity contribution is 7.91. The summed E-state index contributed by atoms with van der Waals surface area (Å²) in [5.41, 5.74) is 0. The molecule has 26 heavy (non-hydrogen) atoms. The van der Waals surface area contributed by atoms with Crippen molar-refractivity contribution in [3.05, 3.63) is 17.0 Å². The molecule has 2 fully saturated rings. The molecule has 5 nitrogen and oxygen atoms in total. The third-order valence-electron chi connectivity index (χ3n) is 5.69. The number of nitrogens with one attached hydrogen (secondary N) is 1. The zero-order valence-electron chi connectivity index (χ0n) is 15.6. The molecule has 2 heterocycles. The van der Waals surface area contributed by atoms with Crippen LogP contribution in [0.1, 0.15) is 63.2 Å². The number of hydrogen-bond donors (Lipinski definition) is 1. The molecule has 0 atom stereocenters. The van der Waals surface area contributed by atoms with Crippen LogP contribution in [0.4, 0.5) is 0 Å². The Labute approximate surface area is 161 Å². The number of thiophene rings is 1. The molecule has 1 aromatic heterocycles. The number of carbonyl (C=O) groups excluding carboxylic acids is 1. The van der Waals surface area contributed by atoms with Crippen LogP contribution in [0, 0.1) is 11.8 Å². The van der Waals surface area contributed by atoms with Gasteiger partial charge in [0, 0.05) is 24.4 Å². The molecule has 1 aliphatic carbocycles. The van der Waals surface area contributed by atoms with E-state index < -0.39 is 10.0 Å². The van der Waals surface area contributed by atoms with Gasteiger partial charge in [-0.15, -0.1) is 11.3 Å². The van der Waals surface area contributed by atoms with Crippen molar-refractivity contribution in [3.8, 4) is 0 Å². The summed E-state index contributed by atoms with van der Waals surface area (Å²) >= 11 is 1.28. The highest BCUT2D eigenvalue weighted by Crippen LogP contribution is 2.29. The highest BCUT2D eigenvalue weighted by Gasteiger charge is 2.29. The molecule has 1 N–H and O–H groups in total. The van der Waals surface area contributed by atoms with Crippen LogP contribution < -0.4 is 5.32 Å². The summed E-state index contributed by atoms with van der Waals surface area (Å²) in [6.45, 7) is 3.80. The van der Waals surface area contributed by atoms with Crippen molar-refractivity contribution < 1.29 is 13.2 Å². The SMILES string of the molecule is CC1CCN(S(=O)(=O)c2ccc(CNC(=O)CCC3CCCC3)s2)CC1. The lowest BCUT2D eigenvalue weighted by Crippen LogP contribution is -2.37. The maximum absolute atomic E-state index is 12.7. The third kappa shape index (κ3) is 5.08. The Morgan fingerprint density at radius 3 is 2.58 bits per heavy atom.